The van der Waals surface area contributed by atoms with E-state index in [2.05, 4.69) is 5.32 Å². The Bertz CT molecular complexity index is 983. The van der Waals surface area contributed by atoms with Crippen molar-refractivity contribution in [1.82, 2.24) is 10.2 Å². The number of carbonyl (C=O) groups excluding carboxylic acids is 2. The number of benzene rings is 3. The van der Waals surface area contributed by atoms with Crippen molar-refractivity contribution in [1.29, 1.82) is 0 Å². The molecule has 0 radical (unpaired) electrons. The maximum absolute atomic E-state index is 13.1. The second-order valence-electron chi connectivity index (χ2n) is 7.88. The lowest BCUT2D eigenvalue weighted by atomic mass is 9.97. The van der Waals surface area contributed by atoms with Crippen LogP contribution in [0.5, 0.6) is 0 Å². The summed E-state index contributed by atoms with van der Waals surface area (Å²) in [6.07, 6.45) is 0.850. The van der Waals surface area contributed by atoms with E-state index in [1.54, 1.807) is 17.0 Å². The molecule has 0 spiro atoms. The maximum Gasteiger partial charge on any atom is 0.226 e. The van der Waals surface area contributed by atoms with Crippen LogP contribution in [0.15, 0.2) is 84.9 Å². The van der Waals surface area contributed by atoms with Crippen LogP contribution in [0.1, 0.15) is 29.2 Å². The van der Waals surface area contributed by atoms with Crippen molar-refractivity contribution < 1.29 is 14.0 Å². The van der Waals surface area contributed by atoms with Crippen molar-refractivity contribution >= 4 is 11.8 Å². The van der Waals surface area contributed by atoms with E-state index < -0.39 is 0 Å². The topological polar surface area (TPSA) is 49.4 Å². The Morgan fingerprint density at radius 2 is 1.52 bits per heavy atom. The molecule has 31 heavy (non-hydrogen) atoms. The van der Waals surface area contributed by atoms with Gasteiger partial charge in [0.1, 0.15) is 5.82 Å². The third kappa shape index (κ3) is 5.18. The zero-order valence-electron chi connectivity index (χ0n) is 17.2. The molecule has 0 unspecified atom stereocenters. The number of nitrogens with one attached hydrogen (secondary N) is 1. The number of carbonyl (C=O) groups is 2. The van der Waals surface area contributed by atoms with Crippen LogP contribution >= 0.6 is 0 Å². The lowest BCUT2D eigenvalue weighted by Gasteiger charge is -2.22. The summed E-state index contributed by atoms with van der Waals surface area (Å²) >= 11 is 0. The maximum atomic E-state index is 13.1. The standard InChI is InChI=1S/C26H25FN2O2/c27-23-13-11-19(12-14-23)15-16-29-18-22(17-24(29)30)26(31)28-25(20-7-3-1-4-8-20)21-9-5-2-6-10-21/h1-14,22,25H,15-18H2,(H,28,31)/t22-/m0/s1. The number of rotatable bonds is 7. The van der Waals surface area contributed by atoms with E-state index >= 15 is 0 Å². The van der Waals surface area contributed by atoms with Crippen molar-refractivity contribution in [2.45, 2.75) is 18.9 Å². The van der Waals surface area contributed by atoms with Gasteiger partial charge >= 0.3 is 0 Å². The van der Waals surface area contributed by atoms with Gasteiger partial charge in [0.25, 0.3) is 0 Å². The van der Waals surface area contributed by atoms with Gasteiger partial charge in [-0.25, -0.2) is 4.39 Å². The van der Waals surface area contributed by atoms with Crippen LogP contribution in [0.3, 0.4) is 0 Å². The molecule has 1 aliphatic rings. The number of halogens is 1. The molecule has 0 aromatic heterocycles. The minimum atomic E-state index is -0.379. The zero-order chi connectivity index (χ0) is 21.6. The van der Waals surface area contributed by atoms with Crippen LogP contribution in [0.2, 0.25) is 0 Å². The molecular formula is C26H25FN2O2. The van der Waals surface area contributed by atoms with Crippen LogP contribution in [0.25, 0.3) is 0 Å². The minimum Gasteiger partial charge on any atom is -0.345 e. The molecule has 158 valence electrons. The molecule has 1 fully saturated rings. The highest BCUT2D eigenvalue weighted by Gasteiger charge is 2.35. The molecule has 1 aliphatic heterocycles. The monoisotopic (exact) mass is 416 g/mol. The van der Waals surface area contributed by atoms with Gasteiger partial charge in [0.05, 0.1) is 12.0 Å². The Morgan fingerprint density at radius 1 is 0.935 bits per heavy atom. The summed E-state index contributed by atoms with van der Waals surface area (Å²) in [6.45, 7) is 0.928. The third-order valence-corrected chi connectivity index (χ3v) is 5.72. The van der Waals surface area contributed by atoms with Crippen molar-refractivity contribution in [3.05, 3.63) is 107 Å². The summed E-state index contributed by atoms with van der Waals surface area (Å²) in [5.41, 5.74) is 2.97. The molecule has 3 aromatic carbocycles. The van der Waals surface area contributed by atoms with Gasteiger partial charge in [-0.15, -0.1) is 0 Å². The summed E-state index contributed by atoms with van der Waals surface area (Å²) < 4.78 is 13.1. The van der Waals surface area contributed by atoms with Gasteiger partial charge in [-0.1, -0.05) is 72.8 Å². The fourth-order valence-electron chi connectivity index (χ4n) is 3.99. The first kappa shape index (κ1) is 20.8. The summed E-state index contributed by atoms with van der Waals surface area (Å²) in [5.74, 6) is -0.784. The molecule has 0 bridgehead atoms. The van der Waals surface area contributed by atoms with E-state index in [9.17, 15) is 14.0 Å². The highest BCUT2D eigenvalue weighted by molar-refractivity contribution is 5.89. The second-order valence-corrected chi connectivity index (χ2v) is 7.88. The van der Waals surface area contributed by atoms with Gasteiger partial charge < -0.3 is 10.2 Å². The van der Waals surface area contributed by atoms with E-state index in [0.717, 1.165) is 16.7 Å². The van der Waals surface area contributed by atoms with Gasteiger partial charge in [-0.05, 0) is 35.2 Å². The first-order chi connectivity index (χ1) is 15.1. The van der Waals surface area contributed by atoms with Crippen molar-refractivity contribution in [2.24, 2.45) is 5.92 Å². The van der Waals surface area contributed by atoms with Gasteiger partial charge in [0.15, 0.2) is 0 Å². The molecule has 4 nitrogen and oxygen atoms in total. The minimum absolute atomic E-state index is 0.0155. The fourth-order valence-corrected chi connectivity index (χ4v) is 3.99. The lowest BCUT2D eigenvalue weighted by molar-refractivity contribution is -0.129. The van der Waals surface area contributed by atoms with Gasteiger partial charge in [0, 0.05) is 19.5 Å². The van der Waals surface area contributed by atoms with Crippen LogP contribution in [0.4, 0.5) is 4.39 Å². The van der Waals surface area contributed by atoms with Gasteiger partial charge in [0.2, 0.25) is 11.8 Å². The summed E-state index contributed by atoms with van der Waals surface area (Å²) in [4.78, 5) is 27.3. The van der Waals surface area contributed by atoms with Crippen molar-refractivity contribution in [3.63, 3.8) is 0 Å². The zero-order valence-corrected chi connectivity index (χ0v) is 17.2. The van der Waals surface area contributed by atoms with Crippen LogP contribution in [-0.4, -0.2) is 29.8 Å². The molecule has 2 amide bonds. The molecule has 1 heterocycles. The molecule has 5 heteroatoms. The summed E-state index contributed by atoms with van der Waals surface area (Å²) in [7, 11) is 0. The average Bonchev–Trinajstić information content (AvgIpc) is 3.19. The predicted molar refractivity (Wildman–Crippen MR) is 118 cm³/mol. The second kappa shape index (κ2) is 9.56. The summed E-state index contributed by atoms with van der Waals surface area (Å²) in [6, 6.07) is 25.7. The molecule has 4 rings (SSSR count). The largest absolute Gasteiger partial charge is 0.345 e. The van der Waals surface area contributed by atoms with Gasteiger partial charge in [-0.2, -0.15) is 0 Å². The Labute approximate surface area is 181 Å². The smallest absolute Gasteiger partial charge is 0.226 e. The highest BCUT2D eigenvalue weighted by Crippen LogP contribution is 2.25. The van der Waals surface area contributed by atoms with Gasteiger partial charge in [-0.3, -0.25) is 9.59 Å². The number of nitrogens with zero attached hydrogens (tertiary/aromatic N) is 1. The number of likely N-dealkylation sites (tertiary alicyclic amines) is 1. The number of hydrogen-bond acceptors (Lipinski definition) is 2. The van der Waals surface area contributed by atoms with Crippen molar-refractivity contribution in [2.75, 3.05) is 13.1 Å². The molecular weight excluding hydrogens is 391 g/mol. The Kier molecular flexibility index (Phi) is 6.41. The molecule has 0 saturated carbocycles. The van der Waals surface area contributed by atoms with E-state index in [0.29, 0.717) is 19.5 Å². The SMILES string of the molecule is O=C(NC(c1ccccc1)c1ccccc1)[C@H]1CC(=O)N(CCc2ccc(F)cc2)C1. The van der Waals surface area contributed by atoms with E-state index in [4.69, 9.17) is 0 Å². The fraction of sp³-hybridized carbons (Fsp3) is 0.231. The molecule has 1 saturated heterocycles. The van der Waals surface area contributed by atoms with E-state index in [1.165, 1.54) is 12.1 Å². The van der Waals surface area contributed by atoms with Crippen LogP contribution < -0.4 is 5.32 Å². The van der Waals surface area contributed by atoms with E-state index in [1.807, 2.05) is 60.7 Å². The third-order valence-electron chi connectivity index (χ3n) is 5.72. The molecule has 1 atom stereocenters. The summed E-state index contributed by atoms with van der Waals surface area (Å²) in [5, 5.41) is 3.15. The Hall–Kier alpha value is -3.47. The quantitative estimate of drug-likeness (QED) is 0.630. The van der Waals surface area contributed by atoms with E-state index in [-0.39, 0.29) is 36.0 Å². The average molecular weight is 416 g/mol. The first-order valence-electron chi connectivity index (χ1n) is 10.5. The normalized spacial score (nSPS) is 16.0. The van der Waals surface area contributed by atoms with Crippen LogP contribution in [-0.2, 0) is 16.0 Å². The molecule has 3 aromatic rings. The first-order valence-corrected chi connectivity index (χ1v) is 10.5. The van der Waals surface area contributed by atoms with Crippen molar-refractivity contribution in [3.8, 4) is 0 Å². The molecule has 0 aliphatic carbocycles. The number of amides is 2. The predicted octanol–water partition coefficient (Wildman–Crippen LogP) is 4.12. The van der Waals surface area contributed by atoms with Crippen LogP contribution in [0, 0.1) is 11.7 Å². The lowest BCUT2D eigenvalue weighted by Crippen LogP contribution is -2.36. The highest BCUT2D eigenvalue weighted by atomic mass is 19.1. The molecule has 1 N–H and O–H groups in total. The Balaban J connectivity index is 1.41. The number of hydrogen-bond donors (Lipinski definition) is 1. The Morgan fingerprint density at radius 3 is 2.10 bits per heavy atom.